The van der Waals surface area contributed by atoms with E-state index in [4.69, 9.17) is 0 Å². The third-order valence-corrected chi connectivity index (χ3v) is 5.53. The normalized spacial score (nSPS) is 16.2. The van der Waals surface area contributed by atoms with Gasteiger partial charge in [0, 0.05) is 13.1 Å². The molecule has 1 aromatic heterocycles. The quantitative estimate of drug-likeness (QED) is 0.757. The van der Waals surface area contributed by atoms with Gasteiger partial charge in [0.2, 0.25) is 5.91 Å². The summed E-state index contributed by atoms with van der Waals surface area (Å²) in [5, 5.41) is 10.6. The van der Waals surface area contributed by atoms with Crippen LogP contribution in [0.2, 0.25) is 0 Å². The Morgan fingerprint density at radius 2 is 1.75 bits per heavy atom. The van der Waals surface area contributed by atoms with Crippen LogP contribution in [0.4, 0.5) is 0 Å². The zero-order valence-corrected chi connectivity index (χ0v) is 15.6. The van der Waals surface area contributed by atoms with Gasteiger partial charge in [-0.15, -0.1) is 0 Å². The predicted molar refractivity (Wildman–Crippen MR) is 107 cm³/mol. The van der Waals surface area contributed by atoms with E-state index in [1.54, 1.807) is 11.0 Å². The van der Waals surface area contributed by atoms with Crippen molar-refractivity contribution in [1.82, 2.24) is 14.5 Å². The Bertz CT molecular complexity index is 1020. The van der Waals surface area contributed by atoms with Crippen molar-refractivity contribution >= 4 is 16.9 Å². The summed E-state index contributed by atoms with van der Waals surface area (Å²) in [4.78, 5) is 31.0. The summed E-state index contributed by atoms with van der Waals surface area (Å²) < 4.78 is 1.48. The number of likely N-dealkylation sites (tertiary alicyclic amines) is 1. The summed E-state index contributed by atoms with van der Waals surface area (Å²) >= 11 is 0. The van der Waals surface area contributed by atoms with Crippen molar-refractivity contribution in [2.24, 2.45) is 5.92 Å². The van der Waals surface area contributed by atoms with E-state index in [0.29, 0.717) is 24.1 Å². The Kier molecular flexibility index (Phi) is 5.21. The van der Waals surface area contributed by atoms with Gasteiger partial charge in [0.25, 0.3) is 5.56 Å². The van der Waals surface area contributed by atoms with Crippen LogP contribution in [0.25, 0.3) is 11.0 Å². The van der Waals surface area contributed by atoms with E-state index in [1.165, 1.54) is 10.8 Å². The number of nitrogens with zero attached hydrogens (tertiary/aromatic N) is 3. The van der Waals surface area contributed by atoms with Crippen molar-refractivity contribution in [2.45, 2.75) is 25.5 Å². The van der Waals surface area contributed by atoms with Crippen molar-refractivity contribution in [3.63, 3.8) is 0 Å². The molecule has 1 aliphatic heterocycles. The standard InChI is InChI=1S/C22H23N3O3/c26-20-14-23-18-8-4-5-9-19(18)25(20)15-21(27)24-12-10-17(11-13-24)22(28)16-6-2-1-3-7-16/h1-9,14,17,22,28H,10-13,15H2. The maximum absolute atomic E-state index is 12.8. The van der Waals surface area contributed by atoms with E-state index in [9.17, 15) is 14.7 Å². The molecule has 0 spiro atoms. The summed E-state index contributed by atoms with van der Waals surface area (Å²) in [6, 6.07) is 17.0. The van der Waals surface area contributed by atoms with Gasteiger partial charge >= 0.3 is 0 Å². The minimum absolute atomic E-state index is 0.00771. The zero-order valence-electron chi connectivity index (χ0n) is 15.6. The molecular weight excluding hydrogens is 354 g/mol. The molecule has 0 aliphatic carbocycles. The Balaban J connectivity index is 1.43. The topological polar surface area (TPSA) is 75.4 Å². The molecule has 2 aromatic carbocycles. The predicted octanol–water partition coefficient (Wildman–Crippen LogP) is 2.37. The van der Waals surface area contributed by atoms with E-state index < -0.39 is 6.10 Å². The number of carbonyl (C=O) groups excluding carboxylic acids is 1. The van der Waals surface area contributed by atoms with E-state index in [-0.39, 0.29) is 23.9 Å². The van der Waals surface area contributed by atoms with Crippen LogP contribution >= 0.6 is 0 Å². The Hall–Kier alpha value is -2.99. The average molecular weight is 377 g/mol. The van der Waals surface area contributed by atoms with Crippen LogP contribution in [0.5, 0.6) is 0 Å². The van der Waals surface area contributed by atoms with Crippen molar-refractivity contribution in [2.75, 3.05) is 13.1 Å². The lowest BCUT2D eigenvalue weighted by molar-refractivity contribution is -0.133. The van der Waals surface area contributed by atoms with Crippen molar-refractivity contribution < 1.29 is 9.90 Å². The fraction of sp³-hybridized carbons (Fsp3) is 0.318. The second kappa shape index (κ2) is 7.94. The van der Waals surface area contributed by atoms with Crippen LogP contribution in [0, 0.1) is 5.92 Å². The number of benzene rings is 2. The molecule has 1 saturated heterocycles. The number of rotatable bonds is 4. The number of carbonyl (C=O) groups is 1. The zero-order chi connectivity index (χ0) is 19.5. The smallest absolute Gasteiger partial charge is 0.269 e. The minimum Gasteiger partial charge on any atom is -0.388 e. The molecule has 1 unspecified atom stereocenters. The Morgan fingerprint density at radius 1 is 1.07 bits per heavy atom. The summed E-state index contributed by atoms with van der Waals surface area (Å²) in [5.41, 5.74) is 2.00. The number of hydrogen-bond donors (Lipinski definition) is 1. The van der Waals surface area contributed by atoms with Gasteiger partial charge in [-0.1, -0.05) is 42.5 Å². The number of fused-ring (bicyclic) bond motifs is 1. The van der Waals surface area contributed by atoms with Crippen LogP contribution in [0.3, 0.4) is 0 Å². The highest BCUT2D eigenvalue weighted by Gasteiger charge is 2.28. The van der Waals surface area contributed by atoms with Gasteiger partial charge in [-0.05, 0) is 36.5 Å². The molecule has 1 N–H and O–H groups in total. The van der Waals surface area contributed by atoms with E-state index in [2.05, 4.69) is 4.98 Å². The Morgan fingerprint density at radius 3 is 2.50 bits per heavy atom. The highest BCUT2D eigenvalue weighted by molar-refractivity contribution is 5.80. The maximum atomic E-state index is 12.8. The highest BCUT2D eigenvalue weighted by Crippen LogP contribution is 2.30. The summed E-state index contributed by atoms with van der Waals surface area (Å²) in [5.74, 6) is 0.0574. The van der Waals surface area contributed by atoms with E-state index >= 15 is 0 Å². The number of amides is 1. The molecule has 1 amide bonds. The third-order valence-electron chi connectivity index (χ3n) is 5.53. The minimum atomic E-state index is -0.509. The van der Waals surface area contributed by atoms with Crippen molar-refractivity contribution in [3.05, 3.63) is 76.7 Å². The SMILES string of the molecule is O=C(Cn1c(=O)cnc2ccccc21)N1CCC(C(O)c2ccccc2)CC1. The summed E-state index contributed by atoms with van der Waals surface area (Å²) in [6.07, 6.45) is 2.24. The molecular formula is C22H23N3O3. The Labute approximate surface area is 163 Å². The van der Waals surface area contributed by atoms with Crippen LogP contribution in [-0.4, -0.2) is 38.6 Å². The highest BCUT2D eigenvalue weighted by atomic mass is 16.3. The lowest BCUT2D eigenvalue weighted by atomic mass is 9.87. The van der Waals surface area contributed by atoms with Gasteiger partial charge in [-0.3, -0.25) is 14.2 Å². The second-order valence-electron chi connectivity index (χ2n) is 7.25. The van der Waals surface area contributed by atoms with Crippen molar-refractivity contribution in [3.8, 4) is 0 Å². The van der Waals surface area contributed by atoms with Gasteiger partial charge in [0.1, 0.15) is 6.54 Å². The van der Waals surface area contributed by atoms with Gasteiger partial charge in [-0.25, -0.2) is 4.98 Å². The molecule has 28 heavy (non-hydrogen) atoms. The van der Waals surface area contributed by atoms with Gasteiger partial charge in [-0.2, -0.15) is 0 Å². The number of hydrogen-bond acceptors (Lipinski definition) is 4. The van der Waals surface area contributed by atoms with Crippen LogP contribution in [-0.2, 0) is 11.3 Å². The molecule has 1 fully saturated rings. The van der Waals surface area contributed by atoms with Crippen LogP contribution in [0.15, 0.2) is 65.6 Å². The average Bonchev–Trinajstić information content (AvgIpc) is 2.76. The number of aliphatic hydroxyl groups is 1. The number of aromatic nitrogens is 2. The first kappa shape index (κ1) is 18.4. The molecule has 0 bridgehead atoms. The molecule has 0 radical (unpaired) electrons. The van der Waals surface area contributed by atoms with Gasteiger partial charge < -0.3 is 10.0 Å². The largest absolute Gasteiger partial charge is 0.388 e. The van der Waals surface area contributed by atoms with Gasteiger partial charge in [0.15, 0.2) is 0 Å². The number of para-hydroxylation sites is 2. The monoisotopic (exact) mass is 377 g/mol. The lowest BCUT2D eigenvalue weighted by Gasteiger charge is -2.34. The molecule has 144 valence electrons. The van der Waals surface area contributed by atoms with E-state index in [1.807, 2.05) is 48.5 Å². The van der Waals surface area contributed by atoms with Crippen molar-refractivity contribution in [1.29, 1.82) is 0 Å². The van der Waals surface area contributed by atoms with E-state index in [0.717, 1.165) is 18.4 Å². The number of aliphatic hydroxyl groups excluding tert-OH is 1. The summed E-state index contributed by atoms with van der Waals surface area (Å²) in [6.45, 7) is 1.18. The first-order chi connectivity index (χ1) is 13.6. The molecule has 1 atom stereocenters. The molecule has 2 heterocycles. The molecule has 6 nitrogen and oxygen atoms in total. The molecule has 3 aromatic rings. The summed E-state index contributed by atoms with van der Waals surface area (Å²) in [7, 11) is 0. The van der Waals surface area contributed by atoms with Crippen LogP contribution in [0.1, 0.15) is 24.5 Å². The molecule has 1 aliphatic rings. The number of piperidine rings is 1. The van der Waals surface area contributed by atoms with Crippen LogP contribution < -0.4 is 5.56 Å². The second-order valence-corrected chi connectivity index (χ2v) is 7.25. The molecule has 6 heteroatoms. The van der Waals surface area contributed by atoms with Gasteiger partial charge in [0.05, 0.1) is 23.3 Å². The lowest BCUT2D eigenvalue weighted by Crippen LogP contribution is -2.42. The fourth-order valence-corrected chi connectivity index (χ4v) is 3.90. The fourth-order valence-electron chi connectivity index (χ4n) is 3.90. The first-order valence-electron chi connectivity index (χ1n) is 9.59. The molecule has 0 saturated carbocycles. The first-order valence-corrected chi connectivity index (χ1v) is 9.59. The third kappa shape index (κ3) is 3.68. The molecule has 4 rings (SSSR count). The maximum Gasteiger partial charge on any atom is 0.269 e.